The van der Waals surface area contributed by atoms with Crippen LogP contribution in [-0.4, -0.2) is 5.78 Å². The second-order valence-electron chi connectivity index (χ2n) is 5.00. The molecule has 15 heavy (non-hydrogen) atoms. The summed E-state index contributed by atoms with van der Waals surface area (Å²) in [5.74, 6) is 0.421. The number of ketones is 1. The Hall–Kier alpha value is -1.11. The minimum atomic E-state index is 0.0863. The summed E-state index contributed by atoms with van der Waals surface area (Å²) in [5, 5.41) is 0. The van der Waals surface area contributed by atoms with Crippen molar-refractivity contribution in [3.63, 3.8) is 0 Å². The second kappa shape index (κ2) is 3.80. The third kappa shape index (κ3) is 2.11. The molecule has 1 heteroatoms. The number of benzene rings is 1. The van der Waals surface area contributed by atoms with E-state index in [0.29, 0.717) is 5.78 Å². The van der Waals surface area contributed by atoms with Gasteiger partial charge < -0.3 is 0 Å². The third-order valence-electron chi connectivity index (χ3n) is 3.52. The van der Waals surface area contributed by atoms with Gasteiger partial charge in [-0.1, -0.05) is 36.8 Å². The van der Waals surface area contributed by atoms with Crippen molar-refractivity contribution in [3.05, 3.63) is 35.4 Å². The topological polar surface area (TPSA) is 17.1 Å². The van der Waals surface area contributed by atoms with Crippen LogP contribution in [0.25, 0.3) is 0 Å². The van der Waals surface area contributed by atoms with Gasteiger partial charge in [0.25, 0.3) is 0 Å². The zero-order valence-electron chi connectivity index (χ0n) is 9.55. The van der Waals surface area contributed by atoms with E-state index in [1.807, 2.05) is 0 Å². The molecule has 0 unspecified atom stereocenters. The highest BCUT2D eigenvalue weighted by atomic mass is 16.1. The number of aryl methyl sites for hydroxylation is 1. The normalized spacial score (nSPS) is 26.7. The Morgan fingerprint density at radius 3 is 2.47 bits per heavy atom. The number of hydrogen-bond acceptors (Lipinski definition) is 1. The van der Waals surface area contributed by atoms with Crippen LogP contribution in [-0.2, 0) is 10.2 Å². The van der Waals surface area contributed by atoms with Crippen LogP contribution in [0, 0.1) is 6.92 Å². The van der Waals surface area contributed by atoms with E-state index >= 15 is 0 Å². The lowest BCUT2D eigenvalue weighted by Crippen LogP contribution is -2.29. The summed E-state index contributed by atoms with van der Waals surface area (Å²) in [6.07, 6.45) is 3.68. The maximum absolute atomic E-state index is 11.5. The van der Waals surface area contributed by atoms with Gasteiger partial charge in [-0.2, -0.15) is 0 Å². The number of carbonyl (C=O) groups excluding carboxylic acids is 1. The predicted octanol–water partition coefficient (Wildman–Crippen LogP) is 3.40. The summed E-state index contributed by atoms with van der Waals surface area (Å²) in [6.45, 7) is 4.31. The van der Waals surface area contributed by atoms with Crippen LogP contribution in [0.4, 0.5) is 0 Å². The maximum Gasteiger partial charge on any atom is 0.133 e. The Balaban J connectivity index is 2.28. The van der Waals surface area contributed by atoms with Gasteiger partial charge in [0.1, 0.15) is 5.78 Å². The first-order valence-corrected chi connectivity index (χ1v) is 5.69. The van der Waals surface area contributed by atoms with Gasteiger partial charge in [-0.3, -0.25) is 4.79 Å². The highest BCUT2D eigenvalue weighted by Crippen LogP contribution is 2.37. The first-order chi connectivity index (χ1) is 7.10. The average molecular weight is 202 g/mol. The molecule has 1 aromatic rings. The fourth-order valence-corrected chi connectivity index (χ4v) is 2.49. The van der Waals surface area contributed by atoms with Crippen LogP contribution in [0.15, 0.2) is 24.3 Å². The van der Waals surface area contributed by atoms with Gasteiger partial charge in [0.15, 0.2) is 0 Å². The molecule has 1 atom stereocenters. The Morgan fingerprint density at radius 1 is 1.20 bits per heavy atom. The van der Waals surface area contributed by atoms with Gasteiger partial charge in [-0.25, -0.2) is 0 Å². The first-order valence-electron chi connectivity index (χ1n) is 5.69. The van der Waals surface area contributed by atoms with E-state index in [1.54, 1.807) is 0 Å². The average Bonchev–Trinajstić information content (AvgIpc) is 2.18. The molecule has 0 heterocycles. The van der Waals surface area contributed by atoms with Gasteiger partial charge in [0.2, 0.25) is 0 Å². The van der Waals surface area contributed by atoms with E-state index in [2.05, 4.69) is 38.1 Å². The lowest BCUT2D eigenvalue weighted by Gasteiger charge is -2.33. The summed E-state index contributed by atoms with van der Waals surface area (Å²) in [4.78, 5) is 11.5. The smallest absolute Gasteiger partial charge is 0.133 e. The van der Waals surface area contributed by atoms with Crippen molar-refractivity contribution >= 4 is 5.78 Å². The molecule has 0 spiro atoms. The molecule has 2 rings (SSSR count). The standard InChI is InChI=1S/C14H18O/c1-11-5-7-12(8-6-11)14(2)9-3-4-13(15)10-14/h5-8H,3-4,9-10H2,1-2H3/t14-/m1/s1. The fourth-order valence-electron chi connectivity index (χ4n) is 2.49. The maximum atomic E-state index is 11.5. The quantitative estimate of drug-likeness (QED) is 0.682. The minimum absolute atomic E-state index is 0.0863. The second-order valence-corrected chi connectivity index (χ2v) is 5.00. The van der Waals surface area contributed by atoms with Crippen molar-refractivity contribution in [1.29, 1.82) is 0 Å². The van der Waals surface area contributed by atoms with Crippen molar-refractivity contribution in [3.8, 4) is 0 Å². The number of hydrogen-bond donors (Lipinski definition) is 0. The number of Topliss-reactive ketones (excluding diaryl/α,β-unsaturated/α-hetero) is 1. The Morgan fingerprint density at radius 2 is 1.87 bits per heavy atom. The Bertz CT molecular complexity index is 363. The van der Waals surface area contributed by atoms with E-state index in [-0.39, 0.29) is 5.41 Å². The van der Waals surface area contributed by atoms with Gasteiger partial charge in [-0.05, 0) is 30.7 Å². The number of rotatable bonds is 1. The molecule has 0 amide bonds. The molecule has 1 fully saturated rings. The van der Waals surface area contributed by atoms with Crippen molar-refractivity contribution in [2.24, 2.45) is 0 Å². The molecule has 0 N–H and O–H groups in total. The van der Waals surface area contributed by atoms with Crippen molar-refractivity contribution in [2.45, 2.75) is 44.9 Å². The molecular formula is C14H18O. The van der Waals surface area contributed by atoms with Crippen LogP contribution in [0.1, 0.15) is 43.7 Å². The van der Waals surface area contributed by atoms with Crippen molar-refractivity contribution in [2.75, 3.05) is 0 Å². The van der Waals surface area contributed by atoms with Crippen LogP contribution in [0.3, 0.4) is 0 Å². The van der Waals surface area contributed by atoms with E-state index in [1.165, 1.54) is 11.1 Å². The monoisotopic (exact) mass is 202 g/mol. The zero-order chi connectivity index (χ0) is 10.9. The lowest BCUT2D eigenvalue weighted by molar-refractivity contribution is -0.121. The summed E-state index contributed by atoms with van der Waals surface area (Å²) < 4.78 is 0. The molecule has 1 aliphatic carbocycles. The molecule has 0 aliphatic heterocycles. The summed E-state index contributed by atoms with van der Waals surface area (Å²) in [6, 6.07) is 8.63. The van der Waals surface area contributed by atoms with Crippen LogP contribution < -0.4 is 0 Å². The Labute approximate surface area is 91.5 Å². The van der Waals surface area contributed by atoms with Gasteiger partial charge in [0.05, 0.1) is 0 Å². The fraction of sp³-hybridized carbons (Fsp3) is 0.500. The highest BCUT2D eigenvalue weighted by Gasteiger charge is 2.32. The van der Waals surface area contributed by atoms with E-state index in [9.17, 15) is 4.79 Å². The Kier molecular flexibility index (Phi) is 2.64. The molecule has 1 aromatic carbocycles. The lowest BCUT2D eigenvalue weighted by atomic mass is 9.70. The van der Waals surface area contributed by atoms with Crippen molar-refractivity contribution in [1.82, 2.24) is 0 Å². The molecule has 1 aliphatic rings. The first kappa shape index (κ1) is 10.4. The van der Waals surface area contributed by atoms with Gasteiger partial charge in [0, 0.05) is 12.8 Å². The predicted molar refractivity (Wildman–Crippen MR) is 62.0 cm³/mol. The van der Waals surface area contributed by atoms with E-state index in [4.69, 9.17) is 0 Å². The van der Waals surface area contributed by atoms with E-state index in [0.717, 1.165) is 25.7 Å². The molecule has 1 saturated carbocycles. The summed E-state index contributed by atoms with van der Waals surface area (Å²) in [7, 11) is 0. The van der Waals surface area contributed by atoms with Gasteiger partial charge in [-0.15, -0.1) is 0 Å². The van der Waals surface area contributed by atoms with E-state index < -0.39 is 0 Å². The summed E-state index contributed by atoms with van der Waals surface area (Å²) >= 11 is 0. The van der Waals surface area contributed by atoms with Crippen LogP contribution in [0.2, 0.25) is 0 Å². The SMILES string of the molecule is Cc1ccc([C@]2(C)CCCC(=O)C2)cc1. The molecule has 1 nitrogen and oxygen atoms in total. The molecule has 0 radical (unpaired) electrons. The summed E-state index contributed by atoms with van der Waals surface area (Å²) in [5.41, 5.74) is 2.69. The molecule has 0 bridgehead atoms. The molecular weight excluding hydrogens is 184 g/mol. The van der Waals surface area contributed by atoms with Crippen LogP contribution in [0.5, 0.6) is 0 Å². The van der Waals surface area contributed by atoms with Crippen LogP contribution >= 0.6 is 0 Å². The number of carbonyl (C=O) groups is 1. The van der Waals surface area contributed by atoms with Gasteiger partial charge >= 0.3 is 0 Å². The molecule has 80 valence electrons. The zero-order valence-corrected chi connectivity index (χ0v) is 9.55. The molecule has 0 saturated heterocycles. The molecule has 0 aromatic heterocycles. The minimum Gasteiger partial charge on any atom is -0.300 e. The third-order valence-corrected chi connectivity index (χ3v) is 3.52. The highest BCUT2D eigenvalue weighted by molar-refractivity contribution is 5.80. The largest absolute Gasteiger partial charge is 0.300 e. The van der Waals surface area contributed by atoms with Crippen molar-refractivity contribution < 1.29 is 4.79 Å².